The number of anilines is 1. The normalized spacial score (nSPS) is 22.5. The van der Waals surface area contributed by atoms with Crippen molar-refractivity contribution < 1.29 is 14.4 Å². The minimum Gasteiger partial charge on any atom is -0.493 e. The smallest absolute Gasteiger partial charge is 0.273 e. The van der Waals surface area contributed by atoms with E-state index in [0.29, 0.717) is 18.0 Å². The Morgan fingerprint density at radius 1 is 1.24 bits per heavy atom. The Bertz CT molecular complexity index is 893. The lowest BCUT2D eigenvalue weighted by molar-refractivity contribution is -0.385. The van der Waals surface area contributed by atoms with Gasteiger partial charge >= 0.3 is 0 Å². The van der Waals surface area contributed by atoms with Crippen molar-refractivity contribution in [2.24, 2.45) is 0 Å². The van der Waals surface area contributed by atoms with E-state index in [9.17, 15) is 10.1 Å². The van der Waals surface area contributed by atoms with Crippen molar-refractivity contribution in [3.8, 4) is 11.5 Å². The molecule has 6 nitrogen and oxygen atoms in total. The summed E-state index contributed by atoms with van der Waals surface area (Å²) in [6.07, 6.45) is 0. The number of nitro groups is 1. The van der Waals surface area contributed by atoms with Crippen molar-refractivity contribution in [2.45, 2.75) is 38.5 Å². The minimum absolute atomic E-state index is 0.00884. The van der Waals surface area contributed by atoms with Crippen LogP contribution in [0.4, 0.5) is 11.4 Å². The van der Waals surface area contributed by atoms with Crippen LogP contribution in [0.1, 0.15) is 31.9 Å². The maximum absolute atomic E-state index is 11.2. The first-order chi connectivity index (χ1) is 11.8. The largest absolute Gasteiger partial charge is 0.493 e. The van der Waals surface area contributed by atoms with Gasteiger partial charge in [0.05, 0.1) is 30.1 Å². The fraction of sp³-hybridized carbons (Fsp3) is 0.368. The summed E-state index contributed by atoms with van der Waals surface area (Å²) >= 11 is 0. The fourth-order valence-electron chi connectivity index (χ4n) is 3.98. The Labute approximate surface area is 146 Å². The van der Waals surface area contributed by atoms with Crippen LogP contribution in [0, 0.1) is 10.1 Å². The number of fused-ring (bicyclic) bond motifs is 4. The molecular weight excluding hydrogens is 320 g/mol. The van der Waals surface area contributed by atoms with Crippen LogP contribution < -0.4 is 14.4 Å². The van der Waals surface area contributed by atoms with E-state index in [0.717, 1.165) is 11.3 Å². The molecule has 0 aromatic heterocycles. The molecule has 4 rings (SSSR count). The summed E-state index contributed by atoms with van der Waals surface area (Å²) in [6.45, 7) is 6.92. The Morgan fingerprint density at radius 3 is 2.64 bits per heavy atom. The van der Waals surface area contributed by atoms with E-state index in [1.807, 2.05) is 12.1 Å². The number of methoxy groups -OCH3 is 1. The quantitative estimate of drug-likeness (QED) is 0.610. The third kappa shape index (κ3) is 1.91. The summed E-state index contributed by atoms with van der Waals surface area (Å²) in [7, 11) is 1.51. The molecule has 0 fully saturated rings. The van der Waals surface area contributed by atoms with Crippen LogP contribution in [-0.4, -0.2) is 17.8 Å². The van der Waals surface area contributed by atoms with Gasteiger partial charge in [-0.2, -0.15) is 0 Å². The van der Waals surface area contributed by atoms with Crippen LogP contribution in [0.15, 0.2) is 36.4 Å². The Kier molecular flexibility index (Phi) is 3.07. The number of ether oxygens (including phenoxy) is 2. The first kappa shape index (κ1) is 15.7. The molecule has 2 aromatic carbocycles. The average molecular weight is 340 g/mol. The number of non-ortho nitro benzene ring substituents is 1. The SMILES string of the molecule is COc1cc([N+](=O)[O-])cc2c1OC1(C)N(C2)c2ccccc2C1(C)C. The van der Waals surface area contributed by atoms with Crippen LogP contribution in [0.25, 0.3) is 0 Å². The molecule has 2 heterocycles. The van der Waals surface area contributed by atoms with E-state index in [-0.39, 0.29) is 11.1 Å². The first-order valence-electron chi connectivity index (χ1n) is 8.21. The predicted octanol–water partition coefficient (Wildman–Crippen LogP) is 4.01. The second-order valence-electron chi connectivity index (χ2n) is 7.21. The summed E-state index contributed by atoms with van der Waals surface area (Å²) in [5.74, 6) is 0.990. The molecular formula is C19H20N2O4. The lowest BCUT2D eigenvalue weighted by Crippen LogP contribution is -2.59. The van der Waals surface area contributed by atoms with Crippen LogP contribution >= 0.6 is 0 Å². The van der Waals surface area contributed by atoms with Gasteiger partial charge in [-0.05, 0) is 32.4 Å². The third-order valence-electron chi connectivity index (χ3n) is 5.72. The second kappa shape index (κ2) is 4.88. The van der Waals surface area contributed by atoms with Crippen LogP contribution in [0.3, 0.4) is 0 Å². The fourth-order valence-corrected chi connectivity index (χ4v) is 3.98. The third-order valence-corrected chi connectivity index (χ3v) is 5.72. The van der Waals surface area contributed by atoms with Crippen LogP contribution in [-0.2, 0) is 12.0 Å². The lowest BCUT2D eigenvalue weighted by atomic mass is 9.78. The van der Waals surface area contributed by atoms with Gasteiger partial charge in [-0.15, -0.1) is 0 Å². The zero-order valence-electron chi connectivity index (χ0n) is 14.7. The molecule has 0 spiro atoms. The molecule has 2 aliphatic rings. The summed E-state index contributed by atoms with van der Waals surface area (Å²) in [6, 6.07) is 11.2. The van der Waals surface area contributed by atoms with Gasteiger partial charge in [0.25, 0.3) is 5.69 Å². The monoisotopic (exact) mass is 340 g/mol. The van der Waals surface area contributed by atoms with Gasteiger partial charge in [0.1, 0.15) is 0 Å². The van der Waals surface area contributed by atoms with Gasteiger partial charge in [-0.1, -0.05) is 18.2 Å². The second-order valence-corrected chi connectivity index (χ2v) is 7.21. The number of hydrogen-bond donors (Lipinski definition) is 0. The lowest BCUT2D eigenvalue weighted by Gasteiger charge is -2.48. The van der Waals surface area contributed by atoms with E-state index in [1.165, 1.54) is 18.7 Å². The molecule has 0 radical (unpaired) electrons. The molecule has 0 bridgehead atoms. The summed E-state index contributed by atoms with van der Waals surface area (Å²) in [5, 5.41) is 11.2. The predicted molar refractivity (Wildman–Crippen MR) is 94.3 cm³/mol. The Morgan fingerprint density at radius 2 is 1.96 bits per heavy atom. The molecule has 2 aromatic rings. The number of hydrogen-bond acceptors (Lipinski definition) is 5. The van der Waals surface area contributed by atoms with E-state index in [2.05, 4.69) is 37.8 Å². The molecule has 25 heavy (non-hydrogen) atoms. The van der Waals surface area contributed by atoms with Crippen LogP contribution in [0.5, 0.6) is 11.5 Å². The number of rotatable bonds is 2. The first-order valence-corrected chi connectivity index (χ1v) is 8.21. The topological polar surface area (TPSA) is 64.8 Å². The number of nitrogens with zero attached hydrogens (tertiary/aromatic N) is 2. The zero-order valence-corrected chi connectivity index (χ0v) is 14.7. The minimum atomic E-state index is -0.604. The van der Waals surface area contributed by atoms with Crippen molar-refractivity contribution in [3.05, 3.63) is 57.6 Å². The highest BCUT2D eigenvalue weighted by Gasteiger charge is 2.58. The van der Waals surface area contributed by atoms with E-state index >= 15 is 0 Å². The molecule has 6 heteroatoms. The van der Waals surface area contributed by atoms with Gasteiger partial charge in [0.2, 0.25) is 0 Å². The Hall–Kier alpha value is -2.76. The number of para-hydroxylation sites is 1. The van der Waals surface area contributed by atoms with Gasteiger partial charge in [-0.25, -0.2) is 0 Å². The molecule has 0 aliphatic carbocycles. The van der Waals surface area contributed by atoms with Crippen LogP contribution in [0.2, 0.25) is 0 Å². The molecule has 2 aliphatic heterocycles. The summed E-state index contributed by atoms with van der Waals surface area (Å²) < 4.78 is 11.9. The van der Waals surface area contributed by atoms with Gasteiger partial charge in [-0.3, -0.25) is 10.1 Å². The van der Waals surface area contributed by atoms with Crippen molar-refractivity contribution >= 4 is 11.4 Å². The van der Waals surface area contributed by atoms with Crippen molar-refractivity contribution in [3.63, 3.8) is 0 Å². The maximum atomic E-state index is 11.2. The summed E-state index contributed by atoms with van der Waals surface area (Å²) in [4.78, 5) is 13.0. The standard InChI is InChI=1S/C19H20N2O4/c1-18(2)14-7-5-6-8-15(14)20-11-12-9-13(21(22)23)10-16(24-4)17(12)25-19(18,20)3/h5-10H,11H2,1-4H3. The number of nitro benzene ring substituents is 1. The van der Waals surface area contributed by atoms with E-state index in [1.54, 1.807) is 6.07 Å². The Balaban J connectivity index is 1.92. The van der Waals surface area contributed by atoms with Gasteiger partial charge in [0.15, 0.2) is 17.2 Å². The molecule has 1 unspecified atom stereocenters. The highest BCUT2D eigenvalue weighted by molar-refractivity contribution is 5.69. The van der Waals surface area contributed by atoms with E-state index < -0.39 is 10.6 Å². The highest BCUT2D eigenvalue weighted by Crippen LogP contribution is 2.56. The molecule has 0 saturated carbocycles. The van der Waals surface area contributed by atoms with E-state index in [4.69, 9.17) is 9.47 Å². The molecule has 1 atom stereocenters. The van der Waals surface area contributed by atoms with Gasteiger partial charge in [0, 0.05) is 17.3 Å². The highest BCUT2D eigenvalue weighted by atomic mass is 16.6. The number of benzene rings is 2. The maximum Gasteiger partial charge on any atom is 0.273 e. The van der Waals surface area contributed by atoms with Crippen molar-refractivity contribution in [1.82, 2.24) is 0 Å². The molecule has 0 N–H and O–H groups in total. The average Bonchev–Trinajstić information content (AvgIpc) is 2.76. The zero-order chi connectivity index (χ0) is 18.0. The van der Waals surface area contributed by atoms with Gasteiger partial charge < -0.3 is 14.4 Å². The molecule has 0 amide bonds. The van der Waals surface area contributed by atoms with Crippen molar-refractivity contribution in [1.29, 1.82) is 0 Å². The molecule has 130 valence electrons. The molecule has 0 saturated heterocycles. The van der Waals surface area contributed by atoms with Crippen molar-refractivity contribution in [2.75, 3.05) is 12.0 Å². The summed E-state index contributed by atoms with van der Waals surface area (Å²) in [5.41, 5.74) is 2.22.